The normalized spacial score (nSPS) is 33.3. The molecule has 0 aromatic carbocycles. The van der Waals surface area contributed by atoms with E-state index in [1.165, 1.54) is 4.90 Å². The third-order valence-electron chi connectivity index (χ3n) is 7.32. The minimum atomic E-state index is -0.981. The molecule has 4 fully saturated rings. The monoisotopic (exact) mass is 493 g/mol. The molecule has 0 radical (unpaired) electrons. The zero-order valence-electron chi connectivity index (χ0n) is 20.5. The molecule has 0 bridgehead atoms. The predicted octanol–water partition coefficient (Wildman–Crippen LogP) is -1.17. The summed E-state index contributed by atoms with van der Waals surface area (Å²) in [6.45, 7) is 6.90. The zero-order valence-corrected chi connectivity index (χ0v) is 20.5. The van der Waals surface area contributed by atoms with Crippen LogP contribution in [0.15, 0.2) is 0 Å². The molecule has 4 aliphatic heterocycles. The van der Waals surface area contributed by atoms with Crippen LogP contribution in [0.1, 0.15) is 46.5 Å². The highest BCUT2D eigenvalue weighted by Gasteiger charge is 2.54. The molecule has 3 N–H and O–H groups in total. The van der Waals surface area contributed by atoms with E-state index in [2.05, 4.69) is 16.7 Å². The summed E-state index contributed by atoms with van der Waals surface area (Å²) in [4.78, 5) is 40.7. The fraction of sp³-hybridized carbons (Fsp3) is 0.826. The molecule has 4 saturated heterocycles. The molecule has 0 spiro atoms. The van der Waals surface area contributed by atoms with E-state index in [0.29, 0.717) is 38.9 Å². The lowest BCUT2D eigenvalue weighted by atomic mass is 9.89. The molecule has 194 valence electrons. The number of fused-ring (bicyclic) bond motifs is 1. The number of nitriles is 1. The van der Waals surface area contributed by atoms with Crippen LogP contribution in [0, 0.1) is 11.3 Å². The molecule has 4 heterocycles. The van der Waals surface area contributed by atoms with Gasteiger partial charge in [-0.3, -0.25) is 14.4 Å². The summed E-state index contributed by atoms with van der Waals surface area (Å²) in [5.74, 6) is -2.34. The maximum atomic E-state index is 12.6. The topological polar surface area (TPSA) is 153 Å². The van der Waals surface area contributed by atoms with Crippen LogP contribution in [0.4, 0.5) is 0 Å². The van der Waals surface area contributed by atoms with Crippen LogP contribution in [0.3, 0.4) is 0 Å². The standard InChI is InChI=1S/C23H35N5O7/c1-22(2)34-18-17(30)15(33-21(18)35-22)12-25-19(31)20(32)27-9-6-23(3,7-10-27)26-13-16(29)28-8-4-5-14(28)11-24/h14-15,17-18,21,26,30H,4-10,12-13H2,1-3H3,(H,25,31)/t14-,15+,17-,18+,21+/m0/s1. The molecule has 12 nitrogen and oxygen atoms in total. The summed E-state index contributed by atoms with van der Waals surface area (Å²) in [7, 11) is 0. The van der Waals surface area contributed by atoms with Gasteiger partial charge in [-0.2, -0.15) is 5.26 Å². The lowest BCUT2D eigenvalue weighted by Crippen LogP contribution is -2.57. The van der Waals surface area contributed by atoms with Gasteiger partial charge in [0.15, 0.2) is 12.1 Å². The summed E-state index contributed by atoms with van der Waals surface area (Å²) in [6, 6.07) is 1.83. The summed E-state index contributed by atoms with van der Waals surface area (Å²) in [5, 5.41) is 25.4. The van der Waals surface area contributed by atoms with Crippen molar-refractivity contribution >= 4 is 17.7 Å². The molecule has 3 amide bonds. The molecule has 0 unspecified atom stereocenters. The van der Waals surface area contributed by atoms with E-state index in [-0.39, 0.29) is 30.6 Å². The van der Waals surface area contributed by atoms with Gasteiger partial charge in [0.25, 0.3) is 0 Å². The largest absolute Gasteiger partial charge is 0.387 e. The van der Waals surface area contributed by atoms with Gasteiger partial charge in [0.05, 0.1) is 12.6 Å². The molecule has 35 heavy (non-hydrogen) atoms. The Labute approximate surface area is 204 Å². The van der Waals surface area contributed by atoms with E-state index >= 15 is 0 Å². The summed E-state index contributed by atoms with van der Waals surface area (Å²) < 4.78 is 16.8. The van der Waals surface area contributed by atoms with E-state index in [1.54, 1.807) is 18.7 Å². The van der Waals surface area contributed by atoms with Crippen molar-refractivity contribution in [1.29, 1.82) is 5.26 Å². The SMILES string of the molecule is CC1(NCC(=O)N2CCC[C@H]2C#N)CCN(C(=O)C(=O)NC[C@H]2O[C@@H]3OC(C)(C)O[C@@H]3[C@H]2O)CC1. The Morgan fingerprint density at radius 2 is 1.86 bits per heavy atom. The number of piperidine rings is 1. The lowest BCUT2D eigenvalue weighted by molar-refractivity contribution is -0.214. The van der Waals surface area contributed by atoms with Crippen LogP contribution in [-0.2, 0) is 28.6 Å². The van der Waals surface area contributed by atoms with Crippen molar-refractivity contribution in [2.75, 3.05) is 32.7 Å². The molecule has 4 rings (SSSR count). The number of carbonyl (C=O) groups excluding carboxylic acids is 3. The number of aliphatic hydroxyl groups is 1. The number of amides is 3. The van der Waals surface area contributed by atoms with Crippen LogP contribution >= 0.6 is 0 Å². The van der Waals surface area contributed by atoms with E-state index in [9.17, 15) is 24.8 Å². The number of carbonyl (C=O) groups is 3. The Kier molecular flexibility index (Phi) is 7.36. The second kappa shape index (κ2) is 9.99. The Bertz CT molecular complexity index is 882. The van der Waals surface area contributed by atoms with Crippen molar-refractivity contribution in [2.24, 2.45) is 0 Å². The highest BCUT2D eigenvalue weighted by Crippen LogP contribution is 2.37. The van der Waals surface area contributed by atoms with Crippen molar-refractivity contribution in [3.8, 4) is 6.07 Å². The van der Waals surface area contributed by atoms with E-state index in [1.807, 2.05) is 6.92 Å². The number of nitrogens with one attached hydrogen (secondary N) is 2. The van der Waals surface area contributed by atoms with Gasteiger partial charge >= 0.3 is 11.8 Å². The van der Waals surface area contributed by atoms with Gasteiger partial charge < -0.3 is 39.8 Å². The van der Waals surface area contributed by atoms with Crippen LogP contribution in [0.5, 0.6) is 0 Å². The molecular formula is C23H35N5O7. The highest BCUT2D eigenvalue weighted by atomic mass is 16.8. The first-order chi connectivity index (χ1) is 16.5. The highest BCUT2D eigenvalue weighted by molar-refractivity contribution is 6.35. The second-order valence-corrected chi connectivity index (χ2v) is 10.4. The van der Waals surface area contributed by atoms with Crippen LogP contribution < -0.4 is 10.6 Å². The van der Waals surface area contributed by atoms with Crippen molar-refractivity contribution < 1.29 is 33.7 Å². The molecule has 4 aliphatic rings. The Balaban J connectivity index is 1.18. The smallest absolute Gasteiger partial charge is 0.311 e. The van der Waals surface area contributed by atoms with Gasteiger partial charge in [-0.15, -0.1) is 0 Å². The number of aliphatic hydroxyl groups excluding tert-OH is 1. The number of ether oxygens (including phenoxy) is 3. The van der Waals surface area contributed by atoms with Gasteiger partial charge in [-0.1, -0.05) is 0 Å². The minimum Gasteiger partial charge on any atom is -0.387 e. The molecule has 0 aromatic heterocycles. The summed E-state index contributed by atoms with van der Waals surface area (Å²) >= 11 is 0. The quantitative estimate of drug-likeness (QED) is 0.402. The Morgan fingerprint density at radius 1 is 1.14 bits per heavy atom. The van der Waals surface area contributed by atoms with Gasteiger partial charge in [0.2, 0.25) is 5.91 Å². The zero-order chi connectivity index (χ0) is 25.4. The minimum absolute atomic E-state index is 0.0404. The van der Waals surface area contributed by atoms with E-state index in [4.69, 9.17) is 14.2 Å². The first-order valence-electron chi connectivity index (χ1n) is 12.2. The van der Waals surface area contributed by atoms with Crippen LogP contribution in [0.25, 0.3) is 0 Å². The number of hydrogen-bond acceptors (Lipinski definition) is 9. The number of rotatable bonds is 5. The maximum Gasteiger partial charge on any atom is 0.311 e. The van der Waals surface area contributed by atoms with Gasteiger partial charge in [-0.05, 0) is 46.5 Å². The second-order valence-electron chi connectivity index (χ2n) is 10.4. The molecule has 12 heteroatoms. The van der Waals surface area contributed by atoms with Crippen LogP contribution in [-0.4, -0.2) is 107 Å². The first-order valence-corrected chi connectivity index (χ1v) is 12.2. The lowest BCUT2D eigenvalue weighted by Gasteiger charge is -2.40. The molecular weight excluding hydrogens is 458 g/mol. The molecule has 0 aliphatic carbocycles. The predicted molar refractivity (Wildman–Crippen MR) is 120 cm³/mol. The first kappa shape index (κ1) is 25.8. The number of hydrogen-bond donors (Lipinski definition) is 3. The maximum absolute atomic E-state index is 12.6. The van der Waals surface area contributed by atoms with E-state index < -0.39 is 42.2 Å². The number of nitrogens with zero attached hydrogens (tertiary/aromatic N) is 3. The number of likely N-dealkylation sites (tertiary alicyclic amines) is 2. The Morgan fingerprint density at radius 3 is 2.51 bits per heavy atom. The van der Waals surface area contributed by atoms with Gasteiger partial charge in [0.1, 0.15) is 24.4 Å². The third-order valence-corrected chi connectivity index (χ3v) is 7.32. The molecule has 5 atom stereocenters. The van der Waals surface area contributed by atoms with Crippen molar-refractivity contribution in [3.63, 3.8) is 0 Å². The van der Waals surface area contributed by atoms with E-state index in [0.717, 1.165) is 6.42 Å². The molecule has 0 saturated carbocycles. The van der Waals surface area contributed by atoms with Crippen molar-refractivity contribution in [2.45, 2.75) is 88.4 Å². The van der Waals surface area contributed by atoms with Crippen LogP contribution in [0.2, 0.25) is 0 Å². The average molecular weight is 494 g/mol. The summed E-state index contributed by atoms with van der Waals surface area (Å²) in [5.41, 5.74) is -0.349. The fourth-order valence-corrected chi connectivity index (χ4v) is 5.11. The van der Waals surface area contributed by atoms with Gasteiger partial charge in [-0.25, -0.2) is 0 Å². The average Bonchev–Trinajstić information content (AvgIpc) is 3.49. The fourth-order valence-electron chi connectivity index (χ4n) is 5.11. The van der Waals surface area contributed by atoms with Crippen molar-refractivity contribution in [1.82, 2.24) is 20.4 Å². The third kappa shape index (κ3) is 5.59. The van der Waals surface area contributed by atoms with Crippen molar-refractivity contribution in [3.05, 3.63) is 0 Å². The Hall–Kier alpha value is -2.30. The molecule has 0 aromatic rings. The summed E-state index contributed by atoms with van der Waals surface area (Å²) in [6.07, 6.45) is -0.353. The van der Waals surface area contributed by atoms with Gasteiger partial charge in [0, 0.05) is 31.7 Å².